The van der Waals surface area contributed by atoms with Crippen LogP contribution in [0.3, 0.4) is 0 Å². The van der Waals surface area contributed by atoms with E-state index in [1.54, 1.807) is 17.9 Å². The number of amides is 2. The fourth-order valence-corrected chi connectivity index (χ4v) is 3.24. The van der Waals surface area contributed by atoms with Crippen molar-refractivity contribution in [1.82, 2.24) is 10.2 Å². The van der Waals surface area contributed by atoms with Crippen molar-refractivity contribution in [2.45, 2.75) is 66.1 Å². The molecule has 0 unspecified atom stereocenters. The van der Waals surface area contributed by atoms with E-state index in [0.717, 1.165) is 23.1 Å². The number of nitrogens with zero attached hydrogens (tertiary/aromatic N) is 1. The lowest BCUT2D eigenvalue weighted by atomic mass is 10.0. The van der Waals surface area contributed by atoms with Gasteiger partial charge < -0.3 is 10.2 Å². The van der Waals surface area contributed by atoms with Crippen LogP contribution in [0.25, 0.3) is 0 Å². The van der Waals surface area contributed by atoms with Crippen molar-refractivity contribution >= 4 is 23.4 Å². The molecule has 29 heavy (non-hydrogen) atoms. The highest BCUT2D eigenvalue weighted by Crippen LogP contribution is 2.20. The Morgan fingerprint density at radius 3 is 2.38 bits per heavy atom. The first kappa shape index (κ1) is 23.0. The molecule has 0 saturated carbocycles. The molecular weight excluding hydrogens is 384 g/mol. The lowest BCUT2D eigenvalue weighted by Gasteiger charge is -2.30. The Balaban J connectivity index is 2.27. The number of halogens is 1. The van der Waals surface area contributed by atoms with E-state index in [1.807, 2.05) is 64.1 Å². The van der Waals surface area contributed by atoms with Crippen LogP contribution >= 0.6 is 11.6 Å². The second-order valence-electron chi connectivity index (χ2n) is 7.70. The van der Waals surface area contributed by atoms with E-state index >= 15 is 0 Å². The summed E-state index contributed by atoms with van der Waals surface area (Å²) in [6.45, 7) is 10.1. The summed E-state index contributed by atoms with van der Waals surface area (Å²) in [4.78, 5) is 27.6. The standard InChI is InChI=1S/C24H31ClN2O2/c1-6-18(4)26-24(29)19(5)27(15-21-9-7-8-10-22(21)25)23(28)14-20-12-11-16(2)17(3)13-20/h7-13,18-19H,6,14-15H2,1-5H3,(H,26,29)/t18-,19-/m1/s1. The van der Waals surface area contributed by atoms with Gasteiger partial charge in [-0.25, -0.2) is 0 Å². The van der Waals surface area contributed by atoms with E-state index < -0.39 is 6.04 Å². The molecule has 0 aromatic heterocycles. The van der Waals surface area contributed by atoms with E-state index in [1.165, 1.54) is 5.56 Å². The van der Waals surface area contributed by atoms with Crippen molar-refractivity contribution in [2.24, 2.45) is 0 Å². The molecule has 2 atom stereocenters. The molecular formula is C24H31ClN2O2. The predicted molar refractivity (Wildman–Crippen MR) is 119 cm³/mol. The Morgan fingerprint density at radius 1 is 1.07 bits per heavy atom. The van der Waals surface area contributed by atoms with E-state index in [-0.39, 0.29) is 24.3 Å². The molecule has 0 fully saturated rings. The van der Waals surface area contributed by atoms with Gasteiger partial charge in [-0.1, -0.05) is 54.9 Å². The molecule has 2 amide bonds. The van der Waals surface area contributed by atoms with E-state index in [4.69, 9.17) is 11.6 Å². The first-order valence-corrected chi connectivity index (χ1v) is 10.5. The lowest BCUT2D eigenvalue weighted by molar-refractivity contribution is -0.140. The number of nitrogens with one attached hydrogen (secondary N) is 1. The van der Waals surface area contributed by atoms with Gasteiger partial charge in [0.1, 0.15) is 6.04 Å². The fourth-order valence-electron chi connectivity index (χ4n) is 3.05. The average molecular weight is 415 g/mol. The molecule has 0 saturated heterocycles. The number of carbonyl (C=O) groups is 2. The van der Waals surface area contributed by atoms with Crippen molar-refractivity contribution in [2.75, 3.05) is 0 Å². The van der Waals surface area contributed by atoms with Gasteiger partial charge in [-0.15, -0.1) is 0 Å². The minimum absolute atomic E-state index is 0.0574. The topological polar surface area (TPSA) is 49.4 Å². The molecule has 0 spiro atoms. The summed E-state index contributed by atoms with van der Waals surface area (Å²) >= 11 is 6.32. The maximum Gasteiger partial charge on any atom is 0.242 e. The summed E-state index contributed by atoms with van der Waals surface area (Å²) in [6, 6.07) is 12.9. The quantitative estimate of drug-likeness (QED) is 0.672. The molecule has 1 N–H and O–H groups in total. The van der Waals surface area contributed by atoms with Gasteiger partial charge in [0.25, 0.3) is 0 Å². The average Bonchev–Trinajstić information content (AvgIpc) is 2.69. The molecule has 0 radical (unpaired) electrons. The molecule has 0 bridgehead atoms. The monoisotopic (exact) mass is 414 g/mol. The third-order valence-corrected chi connectivity index (χ3v) is 5.76. The molecule has 0 aliphatic rings. The molecule has 2 aromatic rings. The summed E-state index contributed by atoms with van der Waals surface area (Å²) in [5, 5.41) is 3.57. The van der Waals surface area contributed by atoms with Gasteiger partial charge in [0, 0.05) is 17.6 Å². The molecule has 4 nitrogen and oxygen atoms in total. The highest BCUT2D eigenvalue weighted by molar-refractivity contribution is 6.31. The van der Waals surface area contributed by atoms with Crippen LogP contribution in [-0.2, 0) is 22.6 Å². The van der Waals surface area contributed by atoms with Gasteiger partial charge in [-0.2, -0.15) is 0 Å². The third-order valence-electron chi connectivity index (χ3n) is 5.39. The number of carbonyl (C=O) groups excluding carboxylic acids is 2. The number of benzene rings is 2. The van der Waals surface area contributed by atoms with Gasteiger partial charge >= 0.3 is 0 Å². The van der Waals surface area contributed by atoms with Gasteiger partial charge in [0.05, 0.1) is 6.42 Å². The Kier molecular flexibility index (Phi) is 8.27. The largest absolute Gasteiger partial charge is 0.352 e. The van der Waals surface area contributed by atoms with Gasteiger partial charge in [-0.3, -0.25) is 9.59 Å². The minimum Gasteiger partial charge on any atom is -0.352 e. The van der Waals surface area contributed by atoms with E-state index in [2.05, 4.69) is 5.32 Å². The highest BCUT2D eigenvalue weighted by Gasteiger charge is 2.27. The van der Waals surface area contributed by atoms with E-state index in [9.17, 15) is 9.59 Å². The Morgan fingerprint density at radius 2 is 1.76 bits per heavy atom. The Bertz CT molecular complexity index is 866. The van der Waals surface area contributed by atoms with Crippen LogP contribution in [0.5, 0.6) is 0 Å². The molecule has 2 aromatic carbocycles. The van der Waals surface area contributed by atoms with Crippen LogP contribution in [0.1, 0.15) is 49.4 Å². The van der Waals surface area contributed by atoms with Crippen molar-refractivity contribution in [3.8, 4) is 0 Å². The number of aryl methyl sites for hydroxylation is 2. The number of rotatable bonds is 8. The highest BCUT2D eigenvalue weighted by atomic mass is 35.5. The van der Waals surface area contributed by atoms with Crippen LogP contribution in [0, 0.1) is 13.8 Å². The van der Waals surface area contributed by atoms with Crippen molar-refractivity contribution in [1.29, 1.82) is 0 Å². The number of hydrogen-bond donors (Lipinski definition) is 1. The molecule has 156 valence electrons. The maximum atomic E-state index is 13.2. The maximum absolute atomic E-state index is 13.2. The summed E-state index contributed by atoms with van der Waals surface area (Å²) in [6.07, 6.45) is 1.08. The Hall–Kier alpha value is -2.33. The first-order chi connectivity index (χ1) is 13.7. The summed E-state index contributed by atoms with van der Waals surface area (Å²) in [5.74, 6) is -0.250. The van der Waals surface area contributed by atoms with Crippen LogP contribution in [-0.4, -0.2) is 28.8 Å². The second kappa shape index (κ2) is 10.4. The summed E-state index contributed by atoms with van der Waals surface area (Å²) < 4.78 is 0. The van der Waals surface area contributed by atoms with Gasteiger partial charge in [-0.05, 0) is 62.4 Å². The smallest absolute Gasteiger partial charge is 0.242 e. The zero-order valence-electron chi connectivity index (χ0n) is 18.0. The first-order valence-electron chi connectivity index (χ1n) is 10.1. The predicted octanol–water partition coefficient (Wildman–Crippen LogP) is 4.83. The van der Waals surface area contributed by atoms with Crippen LogP contribution in [0.4, 0.5) is 0 Å². The SMILES string of the molecule is CC[C@@H](C)NC(=O)[C@@H](C)N(Cc1ccccc1Cl)C(=O)Cc1ccc(C)c(C)c1. The zero-order valence-corrected chi connectivity index (χ0v) is 18.7. The normalized spacial score (nSPS) is 12.9. The van der Waals surface area contributed by atoms with Crippen LogP contribution < -0.4 is 5.32 Å². The van der Waals surface area contributed by atoms with Gasteiger partial charge in [0.15, 0.2) is 0 Å². The van der Waals surface area contributed by atoms with Crippen molar-refractivity contribution in [3.63, 3.8) is 0 Å². The minimum atomic E-state index is -0.598. The lowest BCUT2D eigenvalue weighted by Crippen LogP contribution is -2.49. The van der Waals surface area contributed by atoms with Gasteiger partial charge in [0.2, 0.25) is 11.8 Å². The van der Waals surface area contributed by atoms with Crippen molar-refractivity contribution < 1.29 is 9.59 Å². The number of hydrogen-bond acceptors (Lipinski definition) is 2. The molecule has 0 heterocycles. The second-order valence-corrected chi connectivity index (χ2v) is 8.11. The fraction of sp³-hybridized carbons (Fsp3) is 0.417. The van der Waals surface area contributed by atoms with Crippen LogP contribution in [0.2, 0.25) is 5.02 Å². The summed E-state index contributed by atoms with van der Waals surface area (Å²) in [7, 11) is 0. The van der Waals surface area contributed by atoms with Crippen molar-refractivity contribution in [3.05, 3.63) is 69.7 Å². The van der Waals surface area contributed by atoms with Crippen LogP contribution in [0.15, 0.2) is 42.5 Å². The van der Waals surface area contributed by atoms with E-state index in [0.29, 0.717) is 11.6 Å². The molecule has 5 heteroatoms. The zero-order chi connectivity index (χ0) is 21.6. The Labute approximate surface area is 179 Å². The summed E-state index contributed by atoms with van der Waals surface area (Å²) in [5.41, 5.74) is 4.11. The molecule has 2 rings (SSSR count). The third kappa shape index (κ3) is 6.33. The molecule has 0 aliphatic carbocycles. The molecule has 0 aliphatic heterocycles.